The number of nitrogens with two attached hydrogens (primary N) is 1. The third kappa shape index (κ3) is 4.89. The average molecular weight is 507 g/mol. The molecule has 0 unspecified atom stereocenters. The summed E-state index contributed by atoms with van der Waals surface area (Å²) in [5, 5.41) is 4.27. The molecule has 10 heteroatoms. The predicted molar refractivity (Wildman–Crippen MR) is 130 cm³/mol. The molecule has 0 saturated heterocycles. The summed E-state index contributed by atoms with van der Waals surface area (Å²) < 4.78 is 44.8. The molecule has 37 heavy (non-hydrogen) atoms. The average Bonchev–Trinajstić information content (AvgIpc) is 3.39. The van der Waals surface area contributed by atoms with Crippen molar-refractivity contribution in [3.63, 3.8) is 0 Å². The van der Waals surface area contributed by atoms with Crippen LogP contribution in [-0.2, 0) is 6.42 Å². The largest absolute Gasteiger partial charge is 0.326 e. The monoisotopic (exact) mass is 506 g/mol. The first-order valence-electron chi connectivity index (χ1n) is 12.0. The first kappa shape index (κ1) is 24.8. The minimum absolute atomic E-state index is 0.0197. The molecule has 0 radical (unpaired) electrons. The smallest absolute Gasteiger partial charge is 0.185 e. The minimum atomic E-state index is -0.961. The van der Waals surface area contributed by atoms with E-state index in [2.05, 4.69) is 27.0 Å². The van der Waals surface area contributed by atoms with Crippen molar-refractivity contribution < 1.29 is 18.0 Å². The van der Waals surface area contributed by atoms with E-state index in [0.29, 0.717) is 12.0 Å². The van der Waals surface area contributed by atoms with E-state index in [1.165, 1.54) is 18.5 Å². The van der Waals surface area contributed by atoms with Crippen LogP contribution in [0.4, 0.5) is 13.2 Å². The maximum atomic E-state index is 14.5. The third-order valence-corrected chi connectivity index (χ3v) is 7.04. The zero-order chi connectivity index (χ0) is 26.1. The molecular formula is C27H25F3N6O. The highest BCUT2D eigenvalue weighted by atomic mass is 19.1. The Morgan fingerprint density at radius 2 is 1.84 bits per heavy atom. The number of hydrogen-bond donors (Lipinski definition) is 1. The van der Waals surface area contributed by atoms with Crippen LogP contribution in [0.15, 0.2) is 61.4 Å². The summed E-state index contributed by atoms with van der Waals surface area (Å²) in [4.78, 5) is 25.4. The van der Waals surface area contributed by atoms with Crippen molar-refractivity contribution in [1.82, 2.24) is 24.7 Å². The molecule has 5 rings (SSSR count). The molecule has 0 aliphatic heterocycles. The normalized spacial score (nSPS) is 21.6. The molecule has 1 aromatic carbocycles. The van der Waals surface area contributed by atoms with E-state index in [4.69, 9.17) is 5.73 Å². The van der Waals surface area contributed by atoms with Crippen LogP contribution >= 0.6 is 0 Å². The second kappa shape index (κ2) is 10.2. The SMILES string of the molecule is C[C@@H]1C[C@H](c2ccncc2CC(=O)c2ccc(F)c(-c3c(F)cccc3F)n2)C[C@H](N)[C@@H]1n1cncn1. The fourth-order valence-electron chi connectivity index (χ4n) is 5.40. The Hall–Kier alpha value is -3.92. The molecule has 4 atom stereocenters. The number of ketones is 1. The van der Waals surface area contributed by atoms with E-state index < -0.39 is 34.5 Å². The van der Waals surface area contributed by atoms with Gasteiger partial charge in [-0.25, -0.2) is 27.8 Å². The molecule has 2 N–H and O–H groups in total. The quantitative estimate of drug-likeness (QED) is 0.382. The molecule has 1 fully saturated rings. The second-order valence-electron chi connectivity index (χ2n) is 9.47. The van der Waals surface area contributed by atoms with Gasteiger partial charge in [0.2, 0.25) is 0 Å². The number of Topliss-reactive ketones (excluding diaryl/α,β-unsaturated/α-hetero) is 1. The summed E-state index contributed by atoms with van der Waals surface area (Å²) in [6, 6.07) is 7.17. The summed E-state index contributed by atoms with van der Waals surface area (Å²) in [5.74, 6) is -2.95. The Kier molecular flexibility index (Phi) is 6.84. The van der Waals surface area contributed by atoms with Gasteiger partial charge >= 0.3 is 0 Å². The summed E-state index contributed by atoms with van der Waals surface area (Å²) in [7, 11) is 0. The van der Waals surface area contributed by atoms with Crippen LogP contribution in [0.25, 0.3) is 11.3 Å². The molecule has 1 aliphatic rings. The standard InChI is InChI=1S/C27H25F3N6O/c1-15-9-16(10-22(31)27(15)36-14-33-13-34-36)18-7-8-32-12-17(18)11-24(37)23-6-5-21(30)26(35-23)25-19(28)3-2-4-20(25)29/h2-8,12-16,22,27H,9-11,31H2,1H3/t15-,16+,22+,27-/m1/s1. The van der Waals surface area contributed by atoms with Crippen molar-refractivity contribution in [3.8, 4) is 11.3 Å². The molecule has 7 nitrogen and oxygen atoms in total. The Labute approximate surface area is 211 Å². The lowest BCUT2D eigenvalue weighted by Gasteiger charge is -2.39. The highest BCUT2D eigenvalue weighted by Gasteiger charge is 2.36. The topological polar surface area (TPSA) is 99.6 Å². The number of aromatic nitrogens is 5. The number of nitrogens with zero attached hydrogens (tertiary/aromatic N) is 5. The maximum Gasteiger partial charge on any atom is 0.185 e. The number of carbonyl (C=O) groups excluding carboxylic acids is 1. The molecule has 1 saturated carbocycles. The number of pyridine rings is 2. The number of rotatable bonds is 6. The van der Waals surface area contributed by atoms with E-state index in [1.54, 1.807) is 23.4 Å². The number of carbonyl (C=O) groups is 1. The van der Waals surface area contributed by atoms with Gasteiger partial charge < -0.3 is 5.73 Å². The van der Waals surface area contributed by atoms with Crippen LogP contribution in [-0.4, -0.2) is 36.6 Å². The van der Waals surface area contributed by atoms with Crippen molar-refractivity contribution in [2.45, 2.75) is 44.2 Å². The Balaban J connectivity index is 1.40. The predicted octanol–water partition coefficient (Wildman–Crippen LogP) is 4.66. The summed E-state index contributed by atoms with van der Waals surface area (Å²) >= 11 is 0. The number of benzene rings is 1. The zero-order valence-corrected chi connectivity index (χ0v) is 20.1. The van der Waals surface area contributed by atoms with E-state index >= 15 is 0 Å². The van der Waals surface area contributed by atoms with Gasteiger partial charge in [0.15, 0.2) is 5.78 Å². The van der Waals surface area contributed by atoms with Gasteiger partial charge in [-0.15, -0.1) is 0 Å². The van der Waals surface area contributed by atoms with Crippen molar-refractivity contribution in [2.75, 3.05) is 0 Å². The Bertz CT molecular complexity index is 1400. The first-order valence-corrected chi connectivity index (χ1v) is 12.0. The fourth-order valence-corrected chi connectivity index (χ4v) is 5.40. The van der Waals surface area contributed by atoms with Crippen LogP contribution in [0.5, 0.6) is 0 Å². The van der Waals surface area contributed by atoms with Gasteiger partial charge in [-0.2, -0.15) is 5.10 Å². The summed E-state index contributed by atoms with van der Waals surface area (Å²) in [6.07, 6.45) is 7.95. The number of hydrogen-bond acceptors (Lipinski definition) is 6. The van der Waals surface area contributed by atoms with Crippen LogP contribution in [0.3, 0.4) is 0 Å². The zero-order valence-electron chi connectivity index (χ0n) is 20.1. The lowest BCUT2D eigenvalue weighted by molar-refractivity contribution is 0.0987. The second-order valence-corrected chi connectivity index (χ2v) is 9.47. The van der Waals surface area contributed by atoms with E-state index in [0.717, 1.165) is 30.2 Å². The van der Waals surface area contributed by atoms with Crippen LogP contribution in [0, 0.1) is 23.4 Å². The molecular weight excluding hydrogens is 481 g/mol. The minimum Gasteiger partial charge on any atom is -0.326 e. The van der Waals surface area contributed by atoms with Gasteiger partial charge in [0.25, 0.3) is 0 Å². The summed E-state index contributed by atoms with van der Waals surface area (Å²) in [6.45, 7) is 2.12. The summed E-state index contributed by atoms with van der Waals surface area (Å²) in [5.41, 5.74) is 7.00. The van der Waals surface area contributed by atoms with Crippen molar-refractivity contribution >= 4 is 5.78 Å². The van der Waals surface area contributed by atoms with Gasteiger partial charge in [0, 0.05) is 24.9 Å². The fraction of sp³-hybridized carbons (Fsp3) is 0.296. The van der Waals surface area contributed by atoms with E-state index in [9.17, 15) is 18.0 Å². The van der Waals surface area contributed by atoms with Gasteiger partial charge in [-0.1, -0.05) is 13.0 Å². The maximum absolute atomic E-state index is 14.5. The number of halogens is 3. The Morgan fingerprint density at radius 1 is 1.05 bits per heavy atom. The Morgan fingerprint density at radius 3 is 2.54 bits per heavy atom. The van der Waals surface area contributed by atoms with Crippen LogP contribution < -0.4 is 5.73 Å². The van der Waals surface area contributed by atoms with Crippen molar-refractivity contribution in [1.29, 1.82) is 0 Å². The lowest BCUT2D eigenvalue weighted by atomic mass is 9.72. The molecule has 1 aliphatic carbocycles. The molecule has 0 amide bonds. The molecule has 190 valence electrons. The van der Waals surface area contributed by atoms with Crippen LogP contribution in [0.1, 0.15) is 53.3 Å². The van der Waals surface area contributed by atoms with E-state index in [1.807, 2.05) is 6.07 Å². The molecule has 0 spiro atoms. The van der Waals surface area contributed by atoms with Crippen molar-refractivity contribution in [3.05, 3.63) is 95.7 Å². The molecule has 3 aromatic heterocycles. The van der Waals surface area contributed by atoms with Crippen LogP contribution in [0.2, 0.25) is 0 Å². The first-order chi connectivity index (χ1) is 17.8. The highest BCUT2D eigenvalue weighted by molar-refractivity contribution is 5.96. The third-order valence-electron chi connectivity index (χ3n) is 7.04. The van der Waals surface area contributed by atoms with Crippen molar-refractivity contribution in [2.24, 2.45) is 11.7 Å². The van der Waals surface area contributed by atoms with Gasteiger partial charge in [-0.3, -0.25) is 9.78 Å². The molecule has 0 bridgehead atoms. The lowest BCUT2D eigenvalue weighted by Crippen LogP contribution is -2.42. The molecule has 4 aromatic rings. The van der Waals surface area contributed by atoms with Gasteiger partial charge in [-0.05, 0) is 66.1 Å². The highest BCUT2D eigenvalue weighted by Crippen LogP contribution is 2.42. The van der Waals surface area contributed by atoms with Gasteiger partial charge in [0.1, 0.15) is 41.5 Å². The van der Waals surface area contributed by atoms with E-state index in [-0.39, 0.29) is 36.0 Å². The van der Waals surface area contributed by atoms with Gasteiger partial charge in [0.05, 0.1) is 11.6 Å². The molecule has 3 heterocycles.